The van der Waals surface area contributed by atoms with Gasteiger partial charge in [0.1, 0.15) is 0 Å². The fraction of sp³-hybridized carbons (Fsp3) is 0.607. The van der Waals surface area contributed by atoms with Crippen molar-refractivity contribution in [3.05, 3.63) is 230 Å². The molecule has 0 spiro atoms. The fourth-order valence-electron chi connectivity index (χ4n) is 19.0. The molecule has 672 valence electrons. The number of alkyl halides is 3. The summed E-state index contributed by atoms with van der Waals surface area (Å²) < 4.78 is 37.7. The third kappa shape index (κ3) is 37.4. The largest absolute Gasteiger partial charge is 0.416 e. The number of rotatable bonds is 15. The number of hydrogen-bond acceptors (Lipinski definition) is 0. The molecule has 0 atom stereocenters. The standard InChI is InChI=1S/C26H54Si4.C18H34Si2.C16H30Si2.C13H22Si.C12H18.C11H13F3.C11H16/c1-26(2,3)25-21(19-23(27(4,5)6)28(7,8)9)17-16-18-22(25)20-24(29(10,11)12)30(13,14)15;1-18(2,3)16-13-11-10-12-15(16)14-17(19(4,5)6)20(7,8)9;1-16(2,3)15-13(17(4,5)6)11-10-12-14(15)18(7,8)9;1-13(2,3)11-9-7-8-10-12(11)14(4,5)6;1-9-7-6-8-10(2)11(9)12(3,4)5;1-10(2,3)8-6-4-5-7-9(8)11(12,13)14;1-9-7-5-6-8-10(9)11(2,3)4/h16-18,23-24H,19-20H2,1-15H3;10-13,17H,14H2,1-9H3;10-12H,1-9H3;7-10H,1-6H3;6-8H,1-5H3;4-7H,1-3H3;5-8H,1-4H3. The first-order chi connectivity index (χ1) is 52.6. The third-order valence-electron chi connectivity index (χ3n) is 23.6. The van der Waals surface area contributed by atoms with E-state index >= 15 is 0 Å². The summed E-state index contributed by atoms with van der Waals surface area (Å²) in [5, 5.41) is 7.72. The van der Waals surface area contributed by atoms with Crippen LogP contribution in [0.2, 0.25) is 192 Å². The van der Waals surface area contributed by atoms with Gasteiger partial charge in [-0.15, -0.1) is 0 Å². The Morgan fingerprint density at radius 3 is 0.689 bits per heavy atom. The second-order valence-electron chi connectivity index (χ2n) is 52.0. The molecule has 0 saturated carbocycles. The van der Waals surface area contributed by atoms with Gasteiger partial charge in [0, 0.05) is 48.4 Å². The topological polar surface area (TPSA) is 0 Å². The van der Waals surface area contributed by atoms with E-state index in [4.69, 9.17) is 0 Å². The van der Waals surface area contributed by atoms with Gasteiger partial charge < -0.3 is 0 Å². The van der Waals surface area contributed by atoms with E-state index < -0.39 is 89.8 Å². The van der Waals surface area contributed by atoms with Gasteiger partial charge in [0.15, 0.2) is 0 Å². The van der Waals surface area contributed by atoms with E-state index in [1.165, 1.54) is 64.8 Å². The summed E-state index contributed by atoms with van der Waals surface area (Å²) in [7, 11) is -10.9. The van der Waals surface area contributed by atoms with Gasteiger partial charge in [0.05, 0.1) is 29.8 Å². The van der Waals surface area contributed by atoms with Crippen LogP contribution in [0.5, 0.6) is 0 Å². The summed E-state index contributed by atoms with van der Waals surface area (Å²) in [6.07, 6.45) is -0.365. The molecular weight excluding hydrogens is 1590 g/mol. The second-order valence-corrected chi connectivity index (χ2v) is 101. The van der Waals surface area contributed by atoms with E-state index in [9.17, 15) is 13.2 Å². The van der Waals surface area contributed by atoms with Gasteiger partial charge in [-0.05, 0) is 172 Å². The third-order valence-corrected chi connectivity index (χ3v) is 59.0. The summed E-state index contributed by atoms with van der Waals surface area (Å²) in [4.78, 5) is 0. The Bertz CT molecular complexity index is 3970. The summed E-state index contributed by atoms with van der Waals surface area (Å²) in [5.41, 5.74) is 19.3. The molecule has 0 N–H and O–H groups in total. The first kappa shape index (κ1) is 113. The molecule has 0 unspecified atom stereocenters. The molecule has 0 saturated heterocycles. The summed E-state index contributed by atoms with van der Waals surface area (Å²) in [5.74, 6) is 0. The van der Waals surface area contributed by atoms with E-state index in [-0.39, 0.29) is 32.5 Å². The van der Waals surface area contributed by atoms with Crippen LogP contribution in [0.25, 0.3) is 0 Å². The van der Waals surface area contributed by atoms with E-state index in [1.54, 1.807) is 75.8 Å². The van der Waals surface area contributed by atoms with Crippen LogP contribution < -0.4 is 15.6 Å². The predicted molar refractivity (Wildman–Crippen MR) is 567 cm³/mol. The smallest absolute Gasteiger partial charge is 0.166 e. The first-order valence-corrected chi connectivity index (χ1v) is 77.3. The minimum Gasteiger partial charge on any atom is -0.166 e. The Balaban J connectivity index is 0.000000713. The van der Waals surface area contributed by atoms with Crippen LogP contribution in [0, 0.1) is 20.8 Å². The predicted octanol–water partition coefficient (Wildman–Crippen LogP) is 33.9. The van der Waals surface area contributed by atoms with Crippen LogP contribution in [0.4, 0.5) is 13.2 Å². The van der Waals surface area contributed by atoms with E-state index in [1.807, 2.05) is 0 Å². The summed E-state index contributed by atoms with van der Waals surface area (Å²) >= 11 is 0. The molecular formula is C107H187F3Si9. The Hall–Kier alpha value is -3.72. The Morgan fingerprint density at radius 1 is 0.210 bits per heavy atom. The fourth-order valence-corrected chi connectivity index (χ4v) is 60.8. The quantitative estimate of drug-likeness (QED) is 0.0898. The van der Waals surface area contributed by atoms with Crippen molar-refractivity contribution in [2.24, 2.45) is 0 Å². The molecule has 0 fully saturated rings. The lowest BCUT2D eigenvalue weighted by molar-refractivity contribution is -0.138. The molecule has 0 radical (unpaired) electrons. The van der Waals surface area contributed by atoms with Crippen molar-refractivity contribution >= 4 is 88.2 Å². The molecule has 0 bridgehead atoms. The van der Waals surface area contributed by atoms with E-state index in [0.29, 0.717) is 5.56 Å². The van der Waals surface area contributed by atoms with Crippen LogP contribution in [-0.4, -0.2) is 72.7 Å². The lowest BCUT2D eigenvalue weighted by atomic mass is 9.79. The van der Waals surface area contributed by atoms with Crippen LogP contribution in [-0.2, 0) is 63.3 Å². The molecule has 7 rings (SSSR count). The zero-order chi connectivity index (χ0) is 93.8. The highest BCUT2D eigenvalue weighted by molar-refractivity contribution is 6.98. The Kier molecular flexibility index (Phi) is 40.2. The zero-order valence-electron chi connectivity index (χ0n) is 87.4. The molecule has 0 aromatic heterocycles. The molecule has 7 aromatic carbocycles. The highest BCUT2D eigenvalue weighted by atomic mass is 28.4. The van der Waals surface area contributed by atoms with Crippen molar-refractivity contribution in [3.63, 3.8) is 0 Å². The van der Waals surface area contributed by atoms with Gasteiger partial charge in [-0.1, -0.05) is 483 Å². The first-order valence-electron chi connectivity index (χ1n) is 45.4. The number of hydrogen-bond donors (Lipinski definition) is 0. The van der Waals surface area contributed by atoms with Crippen molar-refractivity contribution in [1.29, 1.82) is 0 Å². The van der Waals surface area contributed by atoms with E-state index in [2.05, 4.69) is 450 Å². The molecule has 0 aliphatic rings. The highest BCUT2D eigenvalue weighted by Crippen LogP contribution is 2.44. The van der Waals surface area contributed by atoms with Crippen LogP contribution in [0.1, 0.15) is 223 Å². The molecule has 7 aromatic rings. The van der Waals surface area contributed by atoms with Crippen molar-refractivity contribution in [1.82, 2.24) is 0 Å². The lowest BCUT2D eigenvalue weighted by Gasteiger charge is -2.41. The zero-order valence-corrected chi connectivity index (χ0v) is 96.4. The monoisotopic (exact) mass is 1780 g/mol. The highest BCUT2D eigenvalue weighted by Gasteiger charge is 2.43. The van der Waals surface area contributed by atoms with Crippen molar-refractivity contribution in [3.8, 4) is 0 Å². The number of halogens is 3. The van der Waals surface area contributed by atoms with Gasteiger partial charge in [-0.25, -0.2) is 0 Å². The molecule has 0 aliphatic heterocycles. The molecule has 12 heteroatoms. The normalized spacial score (nSPS) is 13.5. The molecule has 0 nitrogen and oxygen atoms in total. The maximum absolute atomic E-state index is 12.6. The van der Waals surface area contributed by atoms with Gasteiger partial charge in [-0.2, -0.15) is 13.2 Å². The Morgan fingerprint density at radius 2 is 0.437 bits per heavy atom. The minimum atomic E-state index is -4.26. The van der Waals surface area contributed by atoms with Gasteiger partial charge in [0.25, 0.3) is 0 Å². The molecule has 0 aliphatic carbocycles. The lowest BCUT2D eigenvalue weighted by Crippen LogP contribution is -2.52. The van der Waals surface area contributed by atoms with Crippen LogP contribution >= 0.6 is 0 Å². The SMILES string of the molecule is CC(C)(C)c1c(CC([Si](C)(C)C)[Si](C)(C)C)cccc1CC([Si](C)(C)C)[Si](C)(C)C.CC(C)(C)c1c([Si](C)(C)C)cccc1[Si](C)(C)C.CC(C)(C)c1ccccc1C(F)(F)F.CC(C)(C)c1ccccc1CC([Si](C)(C)C)[Si](C)(C)C.CC(C)(C)c1ccccc1[Si](C)(C)C.Cc1cccc(C)c1C(C)(C)C.Cc1ccccc1C(C)(C)C. The minimum absolute atomic E-state index is 0.207. The number of aryl methyl sites for hydroxylation is 3. The van der Waals surface area contributed by atoms with E-state index in [0.717, 1.165) is 21.6 Å². The number of benzene rings is 7. The van der Waals surface area contributed by atoms with Gasteiger partial charge in [-0.3, -0.25) is 0 Å². The molecule has 0 heterocycles. The van der Waals surface area contributed by atoms with Crippen LogP contribution in [0.15, 0.2) is 152 Å². The second kappa shape index (κ2) is 42.3. The van der Waals surface area contributed by atoms with Crippen molar-refractivity contribution in [2.45, 2.75) is 422 Å². The molecule has 0 amide bonds. The summed E-state index contributed by atoms with van der Waals surface area (Å²) in [6, 6.07) is 53.2. The maximum atomic E-state index is 12.6. The van der Waals surface area contributed by atoms with Crippen molar-refractivity contribution in [2.75, 3.05) is 0 Å². The maximum Gasteiger partial charge on any atom is 0.416 e. The Labute approximate surface area is 746 Å². The van der Waals surface area contributed by atoms with Gasteiger partial charge >= 0.3 is 6.18 Å². The average Bonchev–Trinajstić information content (AvgIpc) is 0.756. The van der Waals surface area contributed by atoms with Gasteiger partial charge in [0.2, 0.25) is 0 Å². The summed E-state index contributed by atoms with van der Waals surface area (Å²) in [6.45, 7) is 122. The van der Waals surface area contributed by atoms with Crippen molar-refractivity contribution < 1.29 is 13.2 Å². The average molecular weight is 1780 g/mol. The molecule has 119 heavy (non-hydrogen) atoms. The van der Waals surface area contributed by atoms with Crippen LogP contribution in [0.3, 0.4) is 0 Å².